The summed E-state index contributed by atoms with van der Waals surface area (Å²) in [7, 11) is -1.97. The van der Waals surface area contributed by atoms with Crippen molar-refractivity contribution in [3.05, 3.63) is 34.6 Å². The highest BCUT2D eigenvalue weighted by Crippen LogP contribution is 2.21. The molecule has 1 aromatic carbocycles. The van der Waals surface area contributed by atoms with Gasteiger partial charge in [-0.1, -0.05) is 17.7 Å². The smallest absolute Gasteiger partial charge is 0.258 e. The maximum Gasteiger partial charge on any atom is 0.258 e. The van der Waals surface area contributed by atoms with Crippen LogP contribution < -0.4 is 0 Å². The molecule has 128 valence electrons. The van der Waals surface area contributed by atoms with E-state index in [2.05, 4.69) is 0 Å². The summed E-state index contributed by atoms with van der Waals surface area (Å²) >= 11 is 5.89. The van der Waals surface area contributed by atoms with E-state index in [0.717, 1.165) is 0 Å². The predicted octanol–water partition coefficient (Wildman–Crippen LogP) is 1.21. The monoisotopic (exact) mass is 364 g/mol. The van der Waals surface area contributed by atoms with Gasteiger partial charge in [0.05, 0.1) is 22.9 Å². The third-order valence-electron chi connectivity index (χ3n) is 3.64. The minimum Gasteiger partial charge on any atom is -0.384 e. The first-order valence-corrected chi connectivity index (χ1v) is 9.05. The standard InChI is InChI=1S/C14H18ClFN2O4S/c1-22-9-10-23(20,21)18-7-5-17(6-8-18)14(19)13-11(15)3-2-4-12(13)16/h2-4H,5-10H2,1H3. The number of carbonyl (C=O) groups is 1. The molecule has 1 saturated heterocycles. The second-order valence-corrected chi connectivity index (χ2v) is 7.59. The fourth-order valence-electron chi connectivity index (χ4n) is 2.35. The summed E-state index contributed by atoms with van der Waals surface area (Å²) in [5.41, 5.74) is -0.176. The lowest BCUT2D eigenvalue weighted by Gasteiger charge is -2.34. The SMILES string of the molecule is COCCS(=O)(=O)N1CCN(C(=O)c2c(F)cccc2Cl)CC1. The number of carbonyl (C=O) groups excluding carboxylic acids is 1. The Morgan fingerprint density at radius 2 is 1.96 bits per heavy atom. The maximum absolute atomic E-state index is 13.8. The predicted molar refractivity (Wildman–Crippen MR) is 84.5 cm³/mol. The number of hydrogen-bond donors (Lipinski definition) is 0. The lowest BCUT2D eigenvalue weighted by molar-refractivity contribution is 0.0693. The van der Waals surface area contributed by atoms with Gasteiger partial charge in [0, 0.05) is 33.3 Å². The first kappa shape index (κ1) is 18.1. The number of amides is 1. The van der Waals surface area contributed by atoms with Crippen molar-refractivity contribution in [3.63, 3.8) is 0 Å². The molecule has 23 heavy (non-hydrogen) atoms. The number of piperazine rings is 1. The van der Waals surface area contributed by atoms with Crippen LogP contribution in [0.4, 0.5) is 4.39 Å². The van der Waals surface area contributed by atoms with Gasteiger partial charge < -0.3 is 9.64 Å². The van der Waals surface area contributed by atoms with Crippen LogP contribution in [0, 0.1) is 5.82 Å². The Morgan fingerprint density at radius 3 is 2.52 bits per heavy atom. The number of ether oxygens (including phenoxy) is 1. The van der Waals surface area contributed by atoms with Gasteiger partial charge in [-0.25, -0.2) is 12.8 Å². The summed E-state index contributed by atoms with van der Waals surface area (Å²) in [4.78, 5) is 13.8. The fraction of sp³-hybridized carbons (Fsp3) is 0.500. The number of benzene rings is 1. The van der Waals surface area contributed by atoms with Crippen LogP contribution in [0.25, 0.3) is 0 Å². The highest BCUT2D eigenvalue weighted by Gasteiger charge is 2.30. The van der Waals surface area contributed by atoms with Gasteiger partial charge in [-0.05, 0) is 12.1 Å². The van der Waals surface area contributed by atoms with E-state index in [1.165, 1.54) is 34.5 Å². The van der Waals surface area contributed by atoms with Crippen molar-refractivity contribution < 1.29 is 22.3 Å². The molecular weight excluding hydrogens is 347 g/mol. The van der Waals surface area contributed by atoms with Crippen molar-refractivity contribution in [3.8, 4) is 0 Å². The molecule has 1 aromatic rings. The zero-order valence-corrected chi connectivity index (χ0v) is 14.2. The first-order chi connectivity index (χ1) is 10.9. The summed E-state index contributed by atoms with van der Waals surface area (Å²) < 4.78 is 44.0. The molecule has 0 atom stereocenters. The minimum absolute atomic E-state index is 0.0464. The number of rotatable bonds is 5. The Hall–Kier alpha value is -1.22. The molecule has 0 aliphatic carbocycles. The second kappa shape index (κ2) is 7.57. The molecule has 1 heterocycles. The lowest BCUT2D eigenvalue weighted by atomic mass is 10.1. The summed E-state index contributed by atoms with van der Waals surface area (Å²) in [5.74, 6) is -1.31. The molecule has 0 spiro atoms. The Kier molecular flexibility index (Phi) is 5.96. The van der Waals surface area contributed by atoms with Crippen LogP contribution in [0.3, 0.4) is 0 Å². The zero-order chi connectivity index (χ0) is 17.0. The summed E-state index contributed by atoms with van der Waals surface area (Å²) in [6, 6.07) is 4.04. The molecule has 0 N–H and O–H groups in total. The van der Waals surface area contributed by atoms with Gasteiger partial charge in [0.15, 0.2) is 0 Å². The zero-order valence-electron chi connectivity index (χ0n) is 12.7. The van der Waals surface area contributed by atoms with E-state index in [1.54, 1.807) is 0 Å². The Morgan fingerprint density at radius 1 is 1.30 bits per heavy atom. The summed E-state index contributed by atoms with van der Waals surface area (Å²) in [6.45, 7) is 0.839. The molecule has 2 rings (SSSR count). The van der Waals surface area contributed by atoms with Gasteiger partial charge >= 0.3 is 0 Å². The van der Waals surface area contributed by atoms with Gasteiger partial charge in [0.25, 0.3) is 5.91 Å². The molecule has 1 fully saturated rings. The quantitative estimate of drug-likeness (QED) is 0.787. The molecular formula is C14H18ClFN2O4S. The van der Waals surface area contributed by atoms with Crippen LogP contribution in [0.2, 0.25) is 5.02 Å². The second-order valence-electron chi connectivity index (χ2n) is 5.10. The van der Waals surface area contributed by atoms with Gasteiger partial charge in [-0.3, -0.25) is 4.79 Å². The molecule has 1 aliphatic heterocycles. The number of methoxy groups -OCH3 is 1. The van der Waals surface area contributed by atoms with Crippen LogP contribution in [0.5, 0.6) is 0 Å². The average Bonchev–Trinajstić information content (AvgIpc) is 2.53. The van der Waals surface area contributed by atoms with E-state index in [1.807, 2.05) is 0 Å². The molecule has 0 saturated carbocycles. The molecule has 9 heteroatoms. The van der Waals surface area contributed by atoms with Gasteiger partial charge in [-0.15, -0.1) is 0 Å². The van der Waals surface area contributed by atoms with E-state index >= 15 is 0 Å². The van der Waals surface area contributed by atoms with E-state index in [9.17, 15) is 17.6 Å². The topological polar surface area (TPSA) is 66.9 Å². The largest absolute Gasteiger partial charge is 0.384 e. The third kappa shape index (κ3) is 4.20. The van der Waals surface area contributed by atoms with E-state index in [-0.39, 0.29) is 49.1 Å². The van der Waals surface area contributed by atoms with Gasteiger partial charge in [0.1, 0.15) is 5.82 Å². The van der Waals surface area contributed by atoms with Crippen molar-refractivity contribution in [2.75, 3.05) is 45.6 Å². The van der Waals surface area contributed by atoms with Crippen molar-refractivity contribution in [1.29, 1.82) is 0 Å². The average molecular weight is 365 g/mol. The highest BCUT2D eigenvalue weighted by molar-refractivity contribution is 7.89. The van der Waals surface area contributed by atoms with Crippen LogP contribution in [0.1, 0.15) is 10.4 Å². The molecule has 0 aromatic heterocycles. The molecule has 1 aliphatic rings. The normalized spacial score (nSPS) is 16.6. The molecule has 0 bridgehead atoms. The summed E-state index contributed by atoms with van der Waals surface area (Å²) in [6.07, 6.45) is 0. The summed E-state index contributed by atoms with van der Waals surface area (Å²) in [5, 5.41) is 0.0464. The maximum atomic E-state index is 13.8. The molecule has 0 unspecified atom stereocenters. The van der Waals surface area contributed by atoms with E-state index in [4.69, 9.17) is 16.3 Å². The first-order valence-electron chi connectivity index (χ1n) is 7.07. The van der Waals surface area contributed by atoms with Crippen LogP contribution in [-0.4, -0.2) is 69.2 Å². The van der Waals surface area contributed by atoms with E-state index < -0.39 is 21.7 Å². The van der Waals surface area contributed by atoms with Crippen molar-refractivity contribution in [2.45, 2.75) is 0 Å². The Bertz CT molecular complexity index is 655. The number of nitrogens with zero attached hydrogens (tertiary/aromatic N) is 2. The van der Waals surface area contributed by atoms with Crippen molar-refractivity contribution in [2.24, 2.45) is 0 Å². The third-order valence-corrected chi connectivity index (χ3v) is 5.79. The Balaban J connectivity index is 2.03. The van der Waals surface area contributed by atoms with Gasteiger partial charge in [0.2, 0.25) is 10.0 Å². The highest BCUT2D eigenvalue weighted by atomic mass is 35.5. The van der Waals surface area contributed by atoms with Crippen LogP contribution in [-0.2, 0) is 14.8 Å². The number of hydrogen-bond acceptors (Lipinski definition) is 4. The van der Waals surface area contributed by atoms with Gasteiger partial charge in [-0.2, -0.15) is 4.31 Å². The number of sulfonamides is 1. The fourth-order valence-corrected chi connectivity index (χ4v) is 3.95. The molecule has 1 amide bonds. The molecule has 0 radical (unpaired) electrons. The Labute approximate surface area is 139 Å². The van der Waals surface area contributed by atoms with Crippen LogP contribution in [0.15, 0.2) is 18.2 Å². The van der Waals surface area contributed by atoms with Crippen LogP contribution >= 0.6 is 11.6 Å². The molecule has 6 nitrogen and oxygen atoms in total. The minimum atomic E-state index is -3.41. The number of halogens is 2. The lowest BCUT2D eigenvalue weighted by Crippen LogP contribution is -2.51. The van der Waals surface area contributed by atoms with Crippen molar-refractivity contribution >= 4 is 27.5 Å². The van der Waals surface area contributed by atoms with Crippen molar-refractivity contribution in [1.82, 2.24) is 9.21 Å². The van der Waals surface area contributed by atoms with E-state index in [0.29, 0.717) is 0 Å².